The van der Waals surface area contributed by atoms with E-state index < -0.39 is 22.0 Å². The maximum Gasteiger partial charge on any atom is 0.326 e. The van der Waals surface area contributed by atoms with Crippen molar-refractivity contribution in [1.82, 2.24) is 14.3 Å². The smallest absolute Gasteiger partial charge is 0.326 e. The molecule has 0 radical (unpaired) electrons. The number of fused-ring (bicyclic) bond motifs is 1. The number of nitrogens with one attached hydrogen (secondary N) is 1. The largest absolute Gasteiger partial charge is 0.497 e. The number of benzene rings is 1. The molecule has 3 rings (SSSR count). The first-order valence-corrected chi connectivity index (χ1v) is 8.84. The van der Waals surface area contributed by atoms with Gasteiger partial charge in [-0.3, -0.25) is 4.79 Å². The number of hydrogen-bond acceptors (Lipinski definition) is 5. The Morgan fingerprint density at radius 3 is 2.96 bits per heavy atom. The Balaban J connectivity index is 1.94. The van der Waals surface area contributed by atoms with Crippen LogP contribution >= 0.6 is 0 Å². The molecule has 2 aromatic rings. The zero-order valence-electron chi connectivity index (χ0n) is 13.0. The fourth-order valence-corrected chi connectivity index (χ4v) is 4.09. The Labute approximate surface area is 139 Å². The molecule has 9 heteroatoms. The minimum atomic E-state index is -4.03. The summed E-state index contributed by atoms with van der Waals surface area (Å²) in [6, 6.07) is 4.86. The molecule has 1 aromatic carbocycles. The number of rotatable bonds is 6. The highest BCUT2D eigenvalue weighted by atomic mass is 32.2. The number of ether oxygens (including phenoxy) is 1. The van der Waals surface area contributed by atoms with Gasteiger partial charge in [0, 0.05) is 13.0 Å². The summed E-state index contributed by atoms with van der Waals surface area (Å²) in [6.07, 6.45) is 2.80. The number of sulfonamides is 1. The average molecular weight is 351 g/mol. The standard InChI is InChI=1S/C15H17N3O5S/c1-23-11-5-2-4-10(8-11)14(15(19)20)17-24(21,22)13-9-16-12-6-3-7-18(12)13/h2,4-5,8-9,14,17H,3,6-7H2,1H3,(H,19,20). The summed E-state index contributed by atoms with van der Waals surface area (Å²) in [5.41, 5.74) is 0.284. The third-order valence-corrected chi connectivity index (χ3v) is 5.33. The van der Waals surface area contributed by atoms with E-state index in [0.717, 1.165) is 6.42 Å². The summed E-state index contributed by atoms with van der Waals surface area (Å²) in [5.74, 6) is -0.153. The van der Waals surface area contributed by atoms with Crippen LogP contribution < -0.4 is 9.46 Å². The van der Waals surface area contributed by atoms with Crippen molar-refractivity contribution in [2.24, 2.45) is 0 Å². The topological polar surface area (TPSA) is 111 Å². The zero-order chi connectivity index (χ0) is 17.3. The predicted octanol–water partition coefficient (Wildman–Crippen LogP) is 0.942. The molecule has 8 nitrogen and oxygen atoms in total. The van der Waals surface area contributed by atoms with Crippen LogP contribution in [0.5, 0.6) is 5.75 Å². The molecule has 128 valence electrons. The molecule has 0 bridgehead atoms. The number of carboxylic acid groups (broad SMARTS) is 1. The van der Waals surface area contributed by atoms with Gasteiger partial charge >= 0.3 is 5.97 Å². The summed E-state index contributed by atoms with van der Waals surface area (Å²) < 4.78 is 34.2. The number of aryl methyl sites for hydroxylation is 1. The first-order valence-electron chi connectivity index (χ1n) is 7.36. The lowest BCUT2D eigenvalue weighted by Gasteiger charge is -2.16. The fourth-order valence-electron chi connectivity index (χ4n) is 2.74. The molecule has 1 aromatic heterocycles. The Morgan fingerprint density at radius 2 is 2.25 bits per heavy atom. The molecular weight excluding hydrogens is 334 g/mol. The molecule has 2 N–H and O–H groups in total. The predicted molar refractivity (Wildman–Crippen MR) is 84.2 cm³/mol. The van der Waals surface area contributed by atoms with E-state index in [2.05, 4.69) is 9.71 Å². The minimum Gasteiger partial charge on any atom is -0.497 e. The molecule has 1 unspecified atom stereocenters. The van der Waals surface area contributed by atoms with E-state index in [-0.39, 0.29) is 10.6 Å². The lowest BCUT2D eigenvalue weighted by atomic mass is 10.1. The van der Waals surface area contributed by atoms with Gasteiger partial charge in [-0.1, -0.05) is 12.1 Å². The van der Waals surface area contributed by atoms with Crippen LogP contribution in [0.4, 0.5) is 0 Å². The van der Waals surface area contributed by atoms with Gasteiger partial charge < -0.3 is 14.4 Å². The second-order valence-corrected chi connectivity index (χ2v) is 7.10. The summed E-state index contributed by atoms with van der Waals surface area (Å²) in [5, 5.41) is 9.44. The van der Waals surface area contributed by atoms with Crippen LogP contribution in [0.2, 0.25) is 0 Å². The first kappa shape index (κ1) is 16.5. The number of aliphatic carboxylic acids is 1. The highest BCUT2D eigenvalue weighted by Crippen LogP contribution is 2.24. The number of nitrogens with zero attached hydrogens (tertiary/aromatic N) is 2. The summed E-state index contributed by atoms with van der Waals surface area (Å²) >= 11 is 0. The third kappa shape index (κ3) is 3.00. The van der Waals surface area contributed by atoms with Crippen LogP contribution in [-0.2, 0) is 27.8 Å². The van der Waals surface area contributed by atoms with Crippen molar-refractivity contribution in [2.45, 2.75) is 30.5 Å². The van der Waals surface area contributed by atoms with Gasteiger partial charge in [-0.15, -0.1) is 0 Å². The van der Waals surface area contributed by atoms with E-state index in [1.165, 1.54) is 25.4 Å². The molecule has 0 saturated carbocycles. The zero-order valence-corrected chi connectivity index (χ0v) is 13.8. The first-order chi connectivity index (χ1) is 11.4. The third-order valence-electron chi connectivity index (χ3n) is 3.91. The molecule has 0 saturated heterocycles. The van der Waals surface area contributed by atoms with Crippen LogP contribution in [0.15, 0.2) is 35.5 Å². The monoisotopic (exact) mass is 351 g/mol. The highest BCUT2D eigenvalue weighted by Gasteiger charge is 2.31. The molecule has 1 atom stereocenters. The van der Waals surface area contributed by atoms with Crippen LogP contribution in [0.1, 0.15) is 23.9 Å². The second kappa shape index (κ2) is 6.25. The Kier molecular flexibility index (Phi) is 4.29. The maximum atomic E-state index is 12.6. The second-order valence-electron chi connectivity index (χ2n) is 5.44. The van der Waals surface area contributed by atoms with Crippen molar-refractivity contribution in [2.75, 3.05) is 7.11 Å². The van der Waals surface area contributed by atoms with Crippen molar-refractivity contribution < 1.29 is 23.1 Å². The SMILES string of the molecule is COc1cccc(C(NS(=O)(=O)c2cnc3n2CCC3)C(=O)O)c1. The molecule has 1 aliphatic rings. The maximum absolute atomic E-state index is 12.6. The van der Waals surface area contributed by atoms with Crippen LogP contribution in [0.3, 0.4) is 0 Å². The van der Waals surface area contributed by atoms with Crippen LogP contribution in [-0.4, -0.2) is 36.2 Å². The molecule has 2 heterocycles. The van der Waals surface area contributed by atoms with E-state index in [9.17, 15) is 18.3 Å². The Morgan fingerprint density at radius 1 is 1.46 bits per heavy atom. The fraction of sp³-hybridized carbons (Fsp3) is 0.333. The van der Waals surface area contributed by atoms with Gasteiger partial charge in [-0.05, 0) is 24.1 Å². The molecule has 0 spiro atoms. The molecule has 0 aliphatic carbocycles. The molecular formula is C15H17N3O5S. The van der Waals surface area contributed by atoms with Gasteiger partial charge in [0.05, 0.1) is 13.3 Å². The number of carbonyl (C=O) groups is 1. The molecule has 0 fully saturated rings. The van der Waals surface area contributed by atoms with Crippen molar-refractivity contribution in [3.05, 3.63) is 41.9 Å². The summed E-state index contributed by atoms with van der Waals surface area (Å²) in [7, 11) is -2.57. The van der Waals surface area contributed by atoms with E-state index >= 15 is 0 Å². The average Bonchev–Trinajstić information content (AvgIpc) is 3.15. The lowest BCUT2D eigenvalue weighted by molar-refractivity contribution is -0.139. The van der Waals surface area contributed by atoms with Gasteiger partial charge in [0.2, 0.25) is 0 Å². The van der Waals surface area contributed by atoms with Crippen molar-refractivity contribution in [1.29, 1.82) is 0 Å². The van der Waals surface area contributed by atoms with E-state index in [1.807, 2.05) is 0 Å². The van der Waals surface area contributed by atoms with Crippen molar-refractivity contribution >= 4 is 16.0 Å². The highest BCUT2D eigenvalue weighted by molar-refractivity contribution is 7.89. The molecule has 24 heavy (non-hydrogen) atoms. The van der Waals surface area contributed by atoms with Gasteiger partial charge in [-0.2, -0.15) is 4.72 Å². The Bertz CT molecular complexity index is 875. The normalized spacial score (nSPS) is 15.0. The number of aromatic nitrogens is 2. The number of imidazole rings is 1. The number of hydrogen-bond donors (Lipinski definition) is 2. The minimum absolute atomic E-state index is 0.0100. The Hall–Kier alpha value is -2.39. The van der Waals surface area contributed by atoms with Crippen LogP contribution in [0, 0.1) is 0 Å². The van der Waals surface area contributed by atoms with Crippen LogP contribution in [0.25, 0.3) is 0 Å². The number of carboxylic acids is 1. The molecule has 1 aliphatic heterocycles. The summed E-state index contributed by atoms with van der Waals surface area (Å²) in [6.45, 7) is 0.558. The van der Waals surface area contributed by atoms with E-state index in [4.69, 9.17) is 4.74 Å². The van der Waals surface area contributed by atoms with Crippen molar-refractivity contribution in [3.63, 3.8) is 0 Å². The summed E-state index contributed by atoms with van der Waals surface area (Å²) in [4.78, 5) is 15.7. The van der Waals surface area contributed by atoms with Gasteiger partial charge in [0.1, 0.15) is 17.6 Å². The van der Waals surface area contributed by atoms with Gasteiger partial charge in [-0.25, -0.2) is 13.4 Å². The van der Waals surface area contributed by atoms with Gasteiger partial charge in [0.15, 0.2) is 5.03 Å². The quantitative estimate of drug-likeness (QED) is 0.801. The van der Waals surface area contributed by atoms with Crippen molar-refractivity contribution in [3.8, 4) is 5.75 Å². The van der Waals surface area contributed by atoms with Gasteiger partial charge in [0.25, 0.3) is 10.0 Å². The molecule has 0 amide bonds. The van der Waals surface area contributed by atoms with E-state index in [1.54, 1.807) is 16.7 Å². The number of methoxy groups -OCH3 is 1. The lowest BCUT2D eigenvalue weighted by Crippen LogP contribution is -2.34. The van der Waals surface area contributed by atoms with E-state index in [0.29, 0.717) is 24.5 Å².